The van der Waals surface area contributed by atoms with E-state index in [-0.39, 0.29) is 18.3 Å². The van der Waals surface area contributed by atoms with Crippen molar-refractivity contribution in [3.63, 3.8) is 0 Å². The number of morpholine rings is 1. The summed E-state index contributed by atoms with van der Waals surface area (Å²) in [5.41, 5.74) is 3.92. The number of nitrogens with zero attached hydrogens (tertiary/aromatic N) is 3. The predicted molar refractivity (Wildman–Crippen MR) is 137 cm³/mol. The van der Waals surface area contributed by atoms with Crippen LogP contribution in [0.5, 0.6) is 11.5 Å². The fourth-order valence-electron chi connectivity index (χ4n) is 4.22. The monoisotopic (exact) mass is 503 g/mol. The lowest BCUT2D eigenvalue weighted by Gasteiger charge is -2.28. The van der Waals surface area contributed by atoms with Crippen LogP contribution in [0.2, 0.25) is 0 Å². The van der Waals surface area contributed by atoms with Gasteiger partial charge in [0.15, 0.2) is 16.6 Å². The number of rotatable bonds is 6. The lowest BCUT2D eigenvalue weighted by Crippen LogP contribution is -2.39. The molecular weight excluding hydrogens is 474 g/mol. The van der Waals surface area contributed by atoms with Crippen molar-refractivity contribution in [2.75, 3.05) is 57.5 Å². The van der Waals surface area contributed by atoms with E-state index in [1.807, 2.05) is 17.0 Å². The lowest BCUT2D eigenvalue weighted by atomic mass is 10.1. The smallest absolute Gasteiger partial charge is 0.260 e. The summed E-state index contributed by atoms with van der Waals surface area (Å²) in [6.45, 7) is 10.2. The van der Waals surface area contributed by atoms with E-state index in [0.717, 1.165) is 60.2 Å². The lowest BCUT2D eigenvalue weighted by molar-refractivity contribution is 0.0376. The Hall–Kier alpha value is -2.39. The van der Waals surface area contributed by atoms with Gasteiger partial charge in [-0.3, -0.25) is 14.6 Å². The normalized spacial score (nSPS) is 15.7. The highest BCUT2D eigenvalue weighted by atomic mass is 35.5. The minimum Gasteiger partial charge on any atom is -0.486 e. The summed E-state index contributed by atoms with van der Waals surface area (Å²) in [5, 5.41) is 0.737. The number of aromatic nitrogens is 1. The zero-order chi connectivity index (χ0) is 22.8. The van der Waals surface area contributed by atoms with Crippen LogP contribution in [0.1, 0.15) is 27.9 Å². The van der Waals surface area contributed by atoms with Gasteiger partial charge in [0.05, 0.1) is 23.4 Å². The van der Waals surface area contributed by atoms with Crippen LogP contribution in [-0.2, 0) is 4.74 Å². The van der Waals surface area contributed by atoms with Crippen LogP contribution >= 0.6 is 23.7 Å². The zero-order valence-corrected chi connectivity index (χ0v) is 21.2. The molecule has 1 fully saturated rings. The maximum absolute atomic E-state index is 13.7. The van der Waals surface area contributed by atoms with Crippen molar-refractivity contribution in [2.45, 2.75) is 20.3 Å². The molecule has 0 aliphatic carbocycles. The molecule has 1 saturated heterocycles. The van der Waals surface area contributed by atoms with Gasteiger partial charge in [0.1, 0.15) is 13.2 Å². The van der Waals surface area contributed by atoms with Crippen LogP contribution in [0.3, 0.4) is 0 Å². The van der Waals surface area contributed by atoms with Gasteiger partial charge in [-0.2, -0.15) is 0 Å². The van der Waals surface area contributed by atoms with E-state index >= 15 is 0 Å². The highest BCUT2D eigenvalue weighted by Crippen LogP contribution is 2.35. The number of carbonyl (C=O) groups excluding carboxylic acids is 1. The van der Waals surface area contributed by atoms with Crippen molar-refractivity contribution in [3.05, 3.63) is 47.0 Å². The van der Waals surface area contributed by atoms with Crippen molar-refractivity contribution >= 4 is 45.0 Å². The number of carbonyl (C=O) groups is 1. The standard InChI is InChI=1S/C25H29N3O4S.ClH/c1-17-4-7-22-23(18(17)2)26-25(33-22)28(9-3-8-27-10-12-30-13-11-27)24(29)19-5-6-20-21(16-19)32-15-14-31-20;/h4-7,16H,3,8-15H2,1-2H3;1H. The first-order valence-electron chi connectivity index (χ1n) is 11.5. The van der Waals surface area contributed by atoms with Gasteiger partial charge in [0.2, 0.25) is 0 Å². The molecule has 1 aromatic heterocycles. The highest BCUT2D eigenvalue weighted by molar-refractivity contribution is 7.22. The Balaban J connectivity index is 0.00000274. The molecule has 2 aromatic carbocycles. The van der Waals surface area contributed by atoms with Crippen LogP contribution in [-0.4, -0.2) is 68.4 Å². The minimum absolute atomic E-state index is 0. The molecule has 0 atom stereocenters. The van der Waals surface area contributed by atoms with E-state index in [1.54, 1.807) is 17.4 Å². The molecule has 0 saturated carbocycles. The number of thiazole rings is 1. The Morgan fingerprint density at radius 3 is 2.62 bits per heavy atom. The molecule has 1 amide bonds. The number of benzene rings is 2. The largest absolute Gasteiger partial charge is 0.486 e. The Bertz CT molecular complexity index is 1160. The molecular formula is C25H30ClN3O4S. The maximum atomic E-state index is 13.7. The molecule has 0 radical (unpaired) electrons. The first-order chi connectivity index (χ1) is 16.1. The topological polar surface area (TPSA) is 64.1 Å². The molecule has 182 valence electrons. The Morgan fingerprint density at radius 1 is 1.06 bits per heavy atom. The number of fused-ring (bicyclic) bond motifs is 2. The van der Waals surface area contributed by atoms with Gasteiger partial charge in [-0.1, -0.05) is 17.4 Å². The fourth-order valence-corrected chi connectivity index (χ4v) is 5.27. The molecule has 0 unspecified atom stereocenters. The summed E-state index contributed by atoms with van der Waals surface area (Å²) in [7, 11) is 0. The second kappa shape index (κ2) is 10.9. The second-order valence-electron chi connectivity index (χ2n) is 8.47. The first-order valence-corrected chi connectivity index (χ1v) is 12.3. The Morgan fingerprint density at radius 2 is 1.82 bits per heavy atom. The summed E-state index contributed by atoms with van der Waals surface area (Å²) < 4.78 is 17.9. The van der Waals surface area contributed by atoms with Crippen molar-refractivity contribution in [1.29, 1.82) is 0 Å². The van der Waals surface area contributed by atoms with Crippen LogP contribution in [0.4, 0.5) is 5.13 Å². The van der Waals surface area contributed by atoms with Gasteiger partial charge in [0.25, 0.3) is 5.91 Å². The molecule has 0 spiro atoms. The number of hydrogen-bond acceptors (Lipinski definition) is 7. The molecule has 3 aromatic rings. The van der Waals surface area contributed by atoms with Crippen LogP contribution in [0.15, 0.2) is 30.3 Å². The summed E-state index contributed by atoms with van der Waals surface area (Å²) in [5.74, 6) is 1.24. The molecule has 34 heavy (non-hydrogen) atoms. The number of aryl methyl sites for hydroxylation is 2. The van der Waals surface area contributed by atoms with Crippen molar-refractivity contribution in [1.82, 2.24) is 9.88 Å². The number of amides is 1. The third-order valence-electron chi connectivity index (χ3n) is 6.30. The number of halogens is 1. The molecule has 0 bridgehead atoms. The van der Waals surface area contributed by atoms with E-state index in [1.165, 1.54) is 5.56 Å². The molecule has 2 aliphatic rings. The predicted octanol–water partition coefficient (Wildman–Crippen LogP) is 4.48. The zero-order valence-electron chi connectivity index (χ0n) is 19.5. The van der Waals surface area contributed by atoms with E-state index in [4.69, 9.17) is 19.2 Å². The molecule has 7 nitrogen and oxygen atoms in total. The van der Waals surface area contributed by atoms with Crippen molar-refractivity contribution < 1.29 is 19.0 Å². The van der Waals surface area contributed by atoms with Gasteiger partial charge >= 0.3 is 0 Å². The van der Waals surface area contributed by atoms with Crippen LogP contribution in [0.25, 0.3) is 10.2 Å². The van der Waals surface area contributed by atoms with Gasteiger partial charge < -0.3 is 14.2 Å². The molecule has 2 aliphatic heterocycles. The van der Waals surface area contributed by atoms with Crippen molar-refractivity contribution in [2.24, 2.45) is 0 Å². The van der Waals surface area contributed by atoms with Gasteiger partial charge in [-0.05, 0) is 55.7 Å². The Kier molecular flexibility index (Phi) is 7.93. The van der Waals surface area contributed by atoms with Crippen LogP contribution in [0, 0.1) is 13.8 Å². The van der Waals surface area contributed by atoms with E-state index in [2.05, 4.69) is 30.9 Å². The van der Waals surface area contributed by atoms with E-state index in [9.17, 15) is 4.79 Å². The summed E-state index contributed by atoms with van der Waals surface area (Å²) in [6, 6.07) is 9.63. The summed E-state index contributed by atoms with van der Waals surface area (Å²) >= 11 is 1.57. The van der Waals surface area contributed by atoms with E-state index < -0.39 is 0 Å². The van der Waals surface area contributed by atoms with E-state index in [0.29, 0.717) is 36.8 Å². The average molecular weight is 504 g/mol. The van der Waals surface area contributed by atoms with Crippen LogP contribution < -0.4 is 14.4 Å². The SMILES string of the molecule is Cc1ccc2sc(N(CCCN3CCOCC3)C(=O)c3ccc4c(c3)OCCO4)nc2c1C.Cl. The third-order valence-corrected chi connectivity index (χ3v) is 7.34. The van der Waals surface area contributed by atoms with Crippen molar-refractivity contribution in [3.8, 4) is 11.5 Å². The molecule has 0 N–H and O–H groups in total. The maximum Gasteiger partial charge on any atom is 0.260 e. The van der Waals surface area contributed by atoms with Gasteiger partial charge in [-0.25, -0.2) is 4.98 Å². The minimum atomic E-state index is -0.0672. The molecule has 9 heteroatoms. The quantitative estimate of drug-likeness (QED) is 0.494. The number of anilines is 1. The van der Waals surface area contributed by atoms with Gasteiger partial charge in [0, 0.05) is 31.7 Å². The first kappa shape index (κ1) is 24.7. The second-order valence-corrected chi connectivity index (χ2v) is 9.48. The molecule has 5 rings (SSSR count). The number of ether oxygens (including phenoxy) is 3. The Labute approximate surface area is 210 Å². The highest BCUT2D eigenvalue weighted by Gasteiger charge is 2.24. The summed E-state index contributed by atoms with van der Waals surface area (Å²) in [6.07, 6.45) is 0.865. The third kappa shape index (κ3) is 5.15. The van der Waals surface area contributed by atoms with Gasteiger partial charge in [-0.15, -0.1) is 12.4 Å². The summed E-state index contributed by atoms with van der Waals surface area (Å²) in [4.78, 5) is 22.8. The molecule has 3 heterocycles. The fraction of sp³-hybridized carbons (Fsp3) is 0.440. The number of hydrogen-bond donors (Lipinski definition) is 0. The average Bonchev–Trinajstić information content (AvgIpc) is 3.29.